The Balaban J connectivity index is 2.26. The molecule has 0 radical (unpaired) electrons. The molecule has 2 aliphatic rings. The summed E-state index contributed by atoms with van der Waals surface area (Å²) in [7, 11) is 0. The van der Waals surface area contributed by atoms with E-state index in [0.717, 1.165) is 12.8 Å². The third kappa shape index (κ3) is 0.886. The first-order valence-electron chi connectivity index (χ1n) is 3.96. The Morgan fingerprint density at radius 2 is 2.36 bits per heavy atom. The number of esters is 1. The summed E-state index contributed by atoms with van der Waals surface area (Å²) in [5.41, 5.74) is -0.0708. The van der Waals surface area contributed by atoms with Gasteiger partial charge in [-0.05, 0) is 12.8 Å². The van der Waals surface area contributed by atoms with Gasteiger partial charge in [-0.25, -0.2) is 0 Å². The number of rotatable bonds is 0. The zero-order valence-corrected chi connectivity index (χ0v) is 7.23. The molecule has 1 saturated carbocycles. The van der Waals surface area contributed by atoms with Crippen LogP contribution in [0.2, 0.25) is 0 Å². The molecule has 3 heteroatoms. The SMILES string of the molecule is CC12CC(=O)OC1CCC2Cl. The standard InChI is InChI=1S/C8H11ClO2/c1-8-4-7(10)11-6(8)3-2-5(8)9/h5-6H,2-4H2,1H3. The number of alkyl halides is 1. The van der Waals surface area contributed by atoms with Crippen molar-refractivity contribution in [1.82, 2.24) is 0 Å². The van der Waals surface area contributed by atoms with E-state index in [4.69, 9.17) is 16.3 Å². The van der Waals surface area contributed by atoms with Gasteiger partial charge in [-0.3, -0.25) is 4.79 Å². The quantitative estimate of drug-likeness (QED) is 0.413. The summed E-state index contributed by atoms with van der Waals surface area (Å²) in [5.74, 6) is -0.0807. The second kappa shape index (κ2) is 2.13. The average molecular weight is 175 g/mol. The van der Waals surface area contributed by atoms with E-state index in [9.17, 15) is 4.79 Å². The van der Waals surface area contributed by atoms with E-state index in [1.807, 2.05) is 6.92 Å². The maximum Gasteiger partial charge on any atom is 0.306 e. The van der Waals surface area contributed by atoms with Crippen molar-refractivity contribution in [3.8, 4) is 0 Å². The van der Waals surface area contributed by atoms with Crippen LogP contribution in [0.1, 0.15) is 26.2 Å². The molecular weight excluding hydrogens is 164 g/mol. The van der Waals surface area contributed by atoms with Gasteiger partial charge in [0.15, 0.2) is 0 Å². The molecule has 1 heterocycles. The summed E-state index contributed by atoms with van der Waals surface area (Å²) in [5, 5.41) is 0.124. The van der Waals surface area contributed by atoms with Gasteiger partial charge in [0.2, 0.25) is 0 Å². The molecule has 11 heavy (non-hydrogen) atoms. The first kappa shape index (κ1) is 7.41. The van der Waals surface area contributed by atoms with Crippen LogP contribution in [-0.4, -0.2) is 17.5 Å². The van der Waals surface area contributed by atoms with E-state index >= 15 is 0 Å². The fourth-order valence-corrected chi connectivity index (χ4v) is 2.43. The number of ether oxygens (including phenoxy) is 1. The minimum Gasteiger partial charge on any atom is -0.462 e. The summed E-state index contributed by atoms with van der Waals surface area (Å²) in [6.45, 7) is 2.05. The topological polar surface area (TPSA) is 26.3 Å². The van der Waals surface area contributed by atoms with Crippen LogP contribution < -0.4 is 0 Å². The molecule has 2 rings (SSSR count). The molecule has 0 amide bonds. The van der Waals surface area contributed by atoms with Gasteiger partial charge in [-0.1, -0.05) is 6.92 Å². The van der Waals surface area contributed by atoms with Crippen molar-refractivity contribution in [2.75, 3.05) is 0 Å². The van der Waals surface area contributed by atoms with E-state index in [1.165, 1.54) is 0 Å². The van der Waals surface area contributed by atoms with Crippen LogP contribution in [-0.2, 0) is 9.53 Å². The zero-order valence-electron chi connectivity index (χ0n) is 6.47. The van der Waals surface area contributed by atoms with Crippen LogP contribution in [0.5, 0.6) is 0 Å². The molecule has 0 spiro atoms. The zero-order chi connectivity index (χ0) is 8.06. The lowest BCUT2D eigenvalue weighted by atomic mass is 9.85. The molecule has 1 saturated heterocycles. The van der Waals surface area contributed by atoms with Crippen molar-refractivity contribution < 1.29 is 9.53 Å². The fourth-order valence-electron chi connectivity index (χ4n) is 2.09. The van der Waals surface area contributed by atoms with Gasteiger partial charge >= 0.3 is 5.97 Å². The number of fused-ring (bicyclic) bond motifs is 1. The van der Waals surface area contributed by atoms with Crippen LogP contribution in [0, 0.1) is 5.41 Å². The van der Waals surface area contributed by atoms with Crippen LogP contribution >= 0.6 is 11.6 Å². The van der Waals surface area contributed by atoms with Crippen molar-refractivity contribution in [3.63, 3.8) is 0 Å². The van der Waals surface area contributed by atoms with Gasteiger partial charge in [0.1, 0.15) is 6.10 Å². The lowest BCUT2D eigenvalue weighted by Gasteiger charge is -2.23. The summed E-state index contributed by atoms with van der Waals surface area (Å²) in [6.07, 6.45) is 2.52. The average Bonchev–Trinajstić information content (AvgIpc) is 2.32. The normalized spacial score (nSPS) is 49.1. The molecule has 1 aliphatic carbocycles. The molecule has 3 unspecified atom stereocenters. The Morgan fingerprint density at radius 3 is 3.00 bits per heavy atom. The second-order valence-electron chi connectivity index (χ2n) is 3.71. The lowest BCUT2D eigenvalue weighted by molar-refractivity contribution is -0.141. The van der Waals surface area contributed by atoms with Crippen molar-refractivity contribution in [1.29, 1.82) is 0 Å². The maximum atomic E-state index is 10.9. The van der Waals surface area contributed by atoms with E-state index in [1.54, 1.807) is 0 Å². The van der Waals surface area contributed by atoms with Crippen molar-refractivity contribution >= 4 is 17.6 Å². The molecule has 0 N–H and O–H groups in total. The number of carbonyl (C=O) groups excluding carboxylic acids is 1. The largest absolute Gasteiger partial charge is 0.462 e. The number of hydrogen-bond donors (Lipinski definition) is 0. The fraction of sp³-hybridized carbons (Fsp3) is 0.875. The molecule has 0 aromatic carbocycles. The van der Waals surface area contributed by atoms with E-state index in [2.05, 4.69) is 0 Å². The minimum atomic E-state index is -0.0807. The third-order valence-electron chi connectivity index (χ3n) is 2.93. The van der Waals surface area contributed by atoms with Crippen LogP contribution in [0.15, 0.2) is 0 Å². The molecule has 2 nitrogen and oxygen atoms in total. The second-order valence-corrected chi connectivity index (χ2v) is 4.23. The summed E-state index contributed by atoms with van der Waals surface area (Å²) >= 11 is 6.09. The van der Waals surface area contributed by atoms with Crippen molar-refractivity contribution in [2.45, 2.75) is 37.7 Å². The van der Waals surface area contributed by atoms with E-state index in [0.29, 0.717) is 6.42 Å². The van der Waals surface area contributed by atoms with E-state index in [-0.39, 0.29) is 22.9 Å². The maximum absolute atomic E-state index is 10.9. The van der Waals surface area contributed by atoms with Gasteiger partial charge < -0.3 is 4.74 Å². The summed E-state index contributed by atoms with van der Waals surface area (Å²) in [6, 6.07) is 0. The molecule has 0 aromatic heterocycles. The lowest BCUT2D eigenvalue weighted by Crippen LogP contribution is -2.28. The highest BCUT2D eigenvalue weighted by Gasteiger charge is 2.53. The number of carbonyl (C=O) groups is 1. The third-order valence-corrected chi connectivity index (χ3v) is 3.65. The van der Waals surface area contributed by atoms with Gasteiger partial charge in [0.05, 0.1) is 6.42 Å². The Labute approximate surface area is 70.9 Å². The van der Waals surface area contributed by atoms with Crippen molar-refractivity contribution in [3.05, 3.63) is 0 Å². The molecular formula is C8H11ClO2. The highest BCUT2D eigenvalue weighted by atomic mass is 35.5. The van der Waals surface area contributed by atoms with E-state index < -0.39 is 0 Å². The Morgan fingerprint density at radius 1 is 1.64 bits per heavy atom. The summed E-state index contributed by atoms with van der Waals surface area (Å²) < 4.78 is 5.14. The highest BCUT2D eigenvalue weighted by molar-refractivity contribution is 6.21. The van der Waals surface area contributed by atoms with Gasteiger partial charge in [-0.15, -0.1) is 11.6 Å². The molecule has 2 fully saturated rings. The molecule has 3 atom stereocenters. The highest BCUT2D eigenvalue weighted by Crippen LogP contribution is 2.49. The van der Waals surface area contributed by atoms with Gasteiger partial charge in [0, 0.05) is 10.8 Å². The Kier molecular flexibility index (Phi) is 1.43. The molecule has 0 aromatic rings. The first-order valence-corrected chi connectivity index (χ1v) is 4.40. The predicted octanol–water partition coefficient (Wildman–Crippen LogP) is 1.71. The predicted molar refractivity (Wildman–Crippen MR) is 41.5 cm³/mol. The number of halogens is 1. The summed E-state index contributed by atoms with van der Waals surface area (Å²) in [4.78, 5) is 10.9. The molecule has 0 bridgehead atoms. The molecule has 1 aliphatic heterocycles. The molecule has 62 valence electrons. The monoisotopic (exact) mass is 174 g/mol. The number of hydrogen-bond acceptors (Lipinski definition) is 2. The van der Waals surface area contributed by atoms with Gasteiger partial charge in [0.25, 0.3) is 0 Å². The van der Waals surface area contributed by atoms with Crippen LogP contribution in [0.25, 0.3) is 0 Å². The Bertz CT molecular complexity index is 204. The first-order chi connectivity index (χ1) is 5.13. The van der Waals surface area contributed by atoms with Crippen LogP contribution in [0.4, 0.5) is 0 Å². The smallest absolute Gasteiger partial charge is 0.306 e. The minimum absolute atomic E-state index is 0.0708. The van der Waals surface area contributed by atoms with Gasteiger partial charge in [-0.2, -0.15) is 0 Å². The van der Waals surface area contributed by atoms with Crippen LogP contribution in [0.3, 0.4) is 0 Å². The van der Waals surface area contributed by atoms with Crippen molar-refractivity contribution in [2.24, 2.45) is 5.41 Å². The Hall–Kier alpha value is -0.240.